The average molecular weight is 743 g/mol. The van der Waals surface area contributed by atoms with E-state index in [2.05, 4.69) is 100 Å². The summed E-state index contributed by atoms with van der Waals surface area (Å²) in [5.74, 6) is 1.48. The molecule has 0 aliphatic heterocycles. The van der Waals surface area contributed by atoms with E-state index >= 15 is 0 Å². The molecule has 0 aromatic heterocycles. The standard InChI is InChI=1S/C42H70O5SSi2/c1-30-17-21-36(22-18-30)48(43,44)45-27-25-31(2)37-23-24-38-33(16-15-26-42(37,38)10)19-20-34-28-35(46-49(11,12)40(4,5)6)29-39(32(34)3)47-50(13,14)41(7,8)9/h17-22,31,35,37-39H,3,15-16,23-29H2,1-2,4-14H3/t31-,35?,37-,38?,39?,42-/m1/s1. The van der Waals surface area contributed by atoms with Crippen molar-refractivity contribution in [3.63, 3.8) is 0 Å². The van der Waals surface area contributed by atoms with Crippen LogP contribution < -0.4 is 0 Å². The van der Waals surface area contributed by atoms with E-state index in [1.807, 2.05) is 19.1 Å². The Morgan fingerprint density at radius 1 is 0.960 bits per heavy atom. The van der Waals surface area contributed by atoms with E-state index in [0.717, 1.165) is 36.8 Å². The molecule has 8 heteroatoms. The number of allylic oxidation sites excluding steroid dienone is 3. The van der Waals surface area contributed by atoms with Gasteiger partial charge < -0.3 is 8.85 Å². The van der Waals surface area contributed by atoms with Gasteiger partial charge in [-0.25, -0.2) is 0 Å². The summed E-state index contributed by atoms with van der Waals surface area (Å²) < 4.78 is 45.3. The van der Waals surface area contributed by atoms with Crippen molar-refractivity contribution in [1.29, 1.82) is 0 Å². The van der Waals surface area contributed by atoms with Crippen molar-refractivity contribution < 1.29 is 21.5 Å². The highest BCUT2D eigenvalue weighted by Gasteiger charge is 2.51. The van der Waals surface area contributed by atoms with E-state index < -0.39 is 26.8 Å². The van der Waals surface area contributed by atoms with Gasteiger partial charge in [0, 0.05) is 6.42 Å². The zero-order chi connectivity index (χ0) is 37.5. The van der Waals surface area contributed by atoms with Crippen molar-refractivity contribution >= 4 is 26.8 Å². The van der Waals surface area contributed by atoms with Crippen LogP contribution in [0, 0.1) is 30.1 Å². The van der Waals surface area contributed by atoms with Crippen molar-refractivity contribution in [2.75, 3.05) is 6.61 Å². The molecular formula is C42H70O5SSi2. The van der Waals surface area contributed by atoms with E-state index in [0.29, 0.717) is 17.8 Å². The minimum absolute atomic E-state index is 0.0190. The van der Waals surface area contributed by atoms with Crippen LogP contribution in [0.15, 0.2) is 64.6 Å². The van der Waals surface area contributed by atoms with E-state index in [-0.39, 0.29) is 39.2 Å². The van der Waals surface area contributed by atoms with Gasteiger partial charge in [0.15, 0.2) is 16.6 Å². The molecule has 0 radical (unpaired) electrons. The maximum absolute atomic E-state index is 12.8. The van der Waals surface area contributed by atoms with Gasteiger partial charge >= 0.3 is 0 Å². The van der Waals surface area contributed by atoms with Gasteiger partial charge in [0.25, 0.3) is 10.1 Å². The molecule has 3 aliphatic carbocycles. The molecule has 0 bridgehead atoms. The molecule has 1 aromatic rings. The van der Waals surface area contributed by atoms with E-state index in [1.54, 1.807) is 17.7 Å². The number of hydrogen-bond acceptors (Lipinski definition) is 5. The normalized spacial score (nSPS) is 29.4. The minimum Gasteiger partial charge on any atom is -0.413 e. The van der Waals surface area contributed by atoms with Gasteiger partial charge in [0.05, 0.1) is 23.7 Å². The Labute approximate surface area is 309 Å². The van der Waals surface area contributed by atoms with Gasteiger partial charge in [-0.15, -0.1) is 0 Å². The lowest BCUT2D eigenvalue weighted by Gasteiger charge is -2.46. The van der Waals surface area contributed by atoms with Crippen LogP contribution in [0.2, 0.25) is 36.3 Å². The van der Waals surface area contributed by atoms with E-state index in [4.69, 9.17) is 13.0 Å². The monoisotopic (exact) mass is 742 g/mol. The summed E-state index contributed by atoms with van der Waals surface area (Å²) in [5.41, 5.74) is 5.24. The first-order chi connectivity index (χ1) is 22.9. The first kappa shape index (κ1) is 41.5. The first-order valence-corrected chi connectivity index (χ1v) is 26.5. The minimum atomic E-state index is -3.75. The molecule has 6 atom stereocenters. The number of hydrogen-bond donors (Lipinski definition) is 0. The number of fused-ring (bicyclic) bond motifs is 1. The van der Waals surface area contributed by atoms with Gasteiger partial charge in [0.2, 0.25) is 0 Å². The maximum atomic E-state index is 12.8. The molecule has 282 valence electrons. The molecule has 0 amide bonds. The third-order valence-electron chi connectivity index (χ3n) is 13.6. The van der Waals surface area contributed by atoms with Crippen LogP contribution in [0.25, 0.3) is 0 Å². The van der Waals surface area contributed by atoms with Crippen LogP contribution in [0.3, 0.4) is 0 Å². The number of benzene rings is 1. The lowest BCUT2D eigenvalue weighted by molar-refractivity contribution is 0.0880. The Morgan fingerprint density at radius 2 is 1.56 bits per heavy atom. The van der Waals surface area contributed by atoms with Gasteiger partial charge in [-0.1, -0.05) is 97.4 Å². The molecule has 5 nitrogen and oxygen atoms in total. The SMILES string of the molecule is C=C1C(=CC=C2CCC[C@@]3(C)C2CC[C@@H]3[C@H](C)CCOS(=O)(=O)c2ccc(C)cc2)CC(O[Si](C)(C)C(C)(C)C)CC1O[Si](C)(C)C(C)(C)C. The highest BCUT2D eigenvalue weighted by molar-refractivity contribution is 7.86. The Balaban J connectivity index is 1.51. The molecule has 3 saturated carbocycles. The largest absolute Gasteiger partial charge is 0.413 e. The van der Waals surface area contributed by atoms with Crippen LogP contribution in [-0.4, -0.2) is 43.9 Å². The van der Waals surface area contributed by atoms with Crippen molar-refractivity contribution in [3.8, 4) is 0 Å². The van der Waals surface area contributed by atoms with E-state index in [1.165, 1.54) is 31.3 Å². The highest BCUT2D eigenvalue weighted by Crippen LogP contribution is 2.60. The fourth-order valence-electron chi connectivity index (χ4n) is 8.30. The third-order valence-corrected chi connectivity index (χ3v) is 23.9. The second kappa shape index (κ2) is 15.2. The van der Waals surface area contributed by atoms with Crippen LogP contribution in [0.1, 0.15) is 112 Å². The van der Waals surface area contributed by atoms with Crippen molar-refractivity contribution in [3.05, 3.63) is 65.3 Å². The third kappa shape index (κ3) is 9.25. The van der Waals surface area contributed by atoms with Gasteiger partial charge in [-0.2, -0.15) is 8.42 Å². The fourth-order valence-corrected chi connectivity index (χ4v) is 11.9. The zero-order valence-corrected chi connectivity index (χ0v) is 36.7. The van der Waals surface area contributed by atoms with Crippen LogP contribution in [0.5, 0.6) is 0 Å². The second-order valence-electron chi connectivity index (χ2n) is 19.2. The fraction of sp³-hybridized carbons (Fsp3) is 0.714. The van der Waals surface area contributed by atoms with E-state index in [9.17, 15) is 8.42 Å². The number of aryl methyl sites for hydroxylation is 1. The van der Waals surface area contributed by atoms with Crippen LogP contribution in [-0.2, 0) is 23.2 Å². The zero-order valence-electron chi connectivity index (χ0n) is 33.9. The summed E-state index contributed by atoms with van der Waals surface area (Å²) in [4.78, 5) is 0.233. The van der Waals surface area contributed by atoms with Gasteiger partial charge in [0.1, 0.15) is 0 Å². The summed E-state index contributed by atoms with van der Waals surface area (Å²) >= 11 is 0. The molecule has 0 saturated heterocycles. The van der Waals surface area contributed by atoms with Crippen LogP contribution in [0.4, 0.5) is 0 Å². The Hall–Kier alpha value is -1.30. The number of rotatable bonds is 11. The molecule has 1 aromatic carbocycles. The second-order valence-corrected chi connectivity index (χ2v) is 30.3. The van der Waals surface area contributed by atoms with Gasteiger partial charge in [-0.3, -0.25) is 4.18 Å². The molecule has 0 heterocycles. The van der Waals surface area contributed by atoms with Gasteiger partial charge in [-0.05, 0) is 135 Å². The van der Waals surface area contributed by atoms with Crippen molar-refractivity contribution in [2.24, 2.45) is 23.2 Å². The average Bonchev–Trinajstić information content (AvgIpc) is 3.34. The molecule has 3 unspecified atom stereocenters. The smallest absolute Gasteiger partial charge is 0.296 e. The molecule has 3 aliphatic rings. The molecule has 4 rings (SSSR count). The summed E-state index contributed by atoms with van der Waals surface area (Å²) in [6.07, 6.45) is 13.4. The topological polar surface area (TPSA) is 61.8 Å². The molecule has 0 spiro atoms. The van der Waals surface area contributed by atoms with Crippen LogP contribution >= 0.6 is 0 Å². The molecule has 50 heavy (non-hydrogen) atoms. The Kier molecular flexibility index (Phi) is 12.6. The lowest BCUT2D eigenvalue weighted by Crippen LogP contribution is -2.49. The Bertz CT molecular complexity index is 1530. The first-order valence-electron chi connectivity index (χ1n) is 19.3. The molecule has 0 N–H and O–H groups in total. The predicted octanol–water partition coefficient (Wildman–Crippen LogP) is 11.9. The summed E-state index contributed by atoms with van der Waals surface area (Å²) in [5, 5.41) is 0.268. The maximum Gasteiger partial charge on any atom is 0.296 e. The lowest BCUT2D eigenvalue weighted by atomic mass is 9.61. The summed E-state index contributed by atoms with van der Waals surface area (Å²) in [6.45, 7) is 35.0. The summed E-state index contributed by atoms with van der Waals surface area (Å²) in [6, 6.07) is 6.90. The molecule has 3 fully saturated rings. The van der Waals surface area contributed by atoms with Crippen molar-refractivity contribution in [2.45, 2.75) is 167 Å². The summed E-state index contributed by atoms with van der Waals surface area (Å²) in [7, 11) is -7.73. The molecular weight excluding hydrogens is 673 g/mol. The van der Waals surface area contributed by atoms with Crippen molar-refractivity contribution in [1.82, 2.24) is 0 Å². The highest BCUT2D eigenvalue weighted by atomic mass is 32.2. The predicted molar refractivity (Wildman–Crippen MR) is 215 cm³/mol. The quantitative estimate of drug-likeness (QED) is 0.167. The Morgan fingerprint density at radius 3 is 2.16 bits per heavy atom.